The van der Waals surface area contributed by atoms with Crippen LogP contribution < -0.4 is 5.32 Å². The molecule has 2 aromatic carbocycles. The molecule has 0 spiro atoms. The van der Waals surface area contributed by atoms with E-state index in [1.54, 1.807) is 0 Å². The highest BCUT2D eigenvalue weighted by molar-refractivity contribution is 7.92. The van der Waals surface area contributed by atoms with Gasteiger partial charge in [0.1, 0.15) is 10.6 Å². The lowest BCUT2D eigenvalue weighted by Crippen LogP contribution is -2.53. The molecule has 0 bridgehead atoms. The van der Waals surface area contributed by atoms with Crippen molar-refractivity contribution in [2.45, 2.75) is 78.3 Å². The van der Waals surface area contributed by atoms with Crippen molar-refractivity contribution in [3.05, 3.63) is 65.0 Å². The first-order chi connectivity index (χ1) is 20.2. The predicted octanol–water partition coefficient (Wildman–Crippen LogP) is 5.52. The van der Waals surface area contributed by atoms with Crippen LogP contribution >= 0.6 is 0 Å². The number of nitrogens with zero attached hydrogens (tertiary/aromatic N) is 1. The Morgan fingerprint density at radius 3 is 1.98 bits per heavy atom. The molecule has 1 aliphatic heterocycles. The summed E-state index contributed by atoms with van der Waals surface area (Å²) in [7, 11) is -7.82. The van der Waals surface area contributed by atoms with Crippen LogP contribution in [-0.2, 0) is 36.7 Å². The molecule has 2 fully saturated rings. The minimum Gasteiger partial charge on any atom is -0.311 e. The van der Waals surface area contributed by atoms with E-state index >= 15 is 0 Å². The van der Waals surface area contributed by atoms with Gasteiger partial charge in [-0.2, -0.15) is 26.3 Å². The number of benzene rings is 2. The van der Waals surface area contributed by atoms with E-state index < -0.39 is 66.0 Å². The van der Waals surface area contributed by atoms with Crippen molar-refractivity contribution in [3.8, 4) is 0 Å². The molecule has 1 heterocycles. The van der Waals surface area contributed by atoms with E-state index in [1.807, 2.05) is 0 Å². The van der Waals surface area contributed by atoms with Crippen LogP contribution in [-0.4, -0.2) is 64.9 Å². The van der Waals surface area contributed by atoms with Gasteiger partial charge in [-0.25, -0.2) is 29.9 Å². The van der Waals surface area contributed by atoms with E-state index in [9.17, 15) is 52.0 Å². The Balaban J connectivity index is 1.58. The summed E-state index contributed by atoms with van der Waals surface area (Å²) in [5.74, 6) is -1.40. The zero-order chi connectivity index (χ0) is 32.5. The van der Waals surface area contributed by atoms with Crippen molar-refractivity contribution in [1.82, 2.24) is 9.62 Å². The third-order valence-electron chi connectivity index (χ3n) is 9.35. The molecule has 1 saturated carbocycles. The molecule has 1 N–H and O–H groups in total. The number of piperidine rings is 1. The Morgan fingerprint density at radius 1 is 0.841 bits per heavy atom. The average Bonchev–Trinajstić information content (AvgIpc) is 3.31. The molecule has 3 atom stereocenters. The minimum atomic E-state index is -6.33. The largest absolute Gasteiger partial charge is 0.435 e. The number of sulfone groups is 1. The Morgan fingerprint density at radius 2 is 1.43 bits per heavy atom. The van der Waals surface area contributed by atoms with E-state index in [4.69, 9.17) is 0 Å². The van der Waals surface area contributed by atoms with Crippen molar-refractivity contribution in [1.29, 1.82) is 0 Å². The fourth-order valence-electron chi connectivity index (χ4n) is 7.24. The van der Waals surface area contributed by atoms with Gasteiger partial charge < -0.3 is 5.32 Å². The zero-order valence-corrected chi connectivity index (χ0v) is 25.0. The van der Waals surface area contributed by atoms with Gasteiger partial charge in [-0.15, -0.1) is 0 Å². The van der Waals surface area contributed by atoms with Crippen molar-refractivity contribution in [2.24, 2.45) is 5.92 Å². The topological polar surface area (TPSA) is 83.6 Å². The molecule has 5 rings (SSSR count). The highest BCUT2D eigenvalue weighted by Gasteiger charge is 2.73. The molecule has 44 heavy (non-hydrogen) atoms. The molecule has 244 valence electrons. The summed E-state index contributed by atoms with van der Waals surface area (Å²) in [5, 5.41) is 3.45. The average molecular weight is 675 g/mol. The van der Waals surface area contributed by atoms with Crippen molar-refractivity contribution < 1.29 is 52.0 Å². The van der Waals surface area contributed by atoms with Gasteiger partial charge in [-0.05, 0) is 79.8 Å². The summed E-state index contributed by atoms with van der Waals surface area (Å²) >= 11 is 0. The third-order valence-corrected chi connectivity index (χ3v) is 13.2. The van der Waals surface area contributed by atoms with Crippen LogP contribution in [0, 0.1) is 11.7 Å². The fraction of sp³-hybridized carbons (Fsp3) is 0.571. The molecule has 1 saturated heterocycles. The van der Waals surface area contributed by atoms with Gasteiger partial charge in [-0.3, -0.25) is 0 Å². The first-order valence-corrected chi connectivity index (χ1v) is 17.2. The van der Waals surface area contributed by atoms with Crippen LogP contribution in [0.3, 0.4) is 0 Å². The Kier molecular flexibility index (Phi) is 8.20. The molecule has 0 radical (unpaired) electrons. The Bertz CT molecular complexity index is 1610. The summed E-state index contributed by atoms with van der Waals surface area (Å²) in [4.78, 5) is -0.270. The maximum atomic E-state index is 15.0. The third kappa shape index (κ3) is 5.22. The summed E-state index contributed by atoms with van der Waals surface area (Å²) in [6.45, 7) is 0.504. The van der Waals surface area contributed by atoms with Crippen molar-refractivity contribution in [3.63, 3.8) is 0 Å². The molecule has 0 aromatic heterocycles. The first-order valence-electron chi connectivity index (χ1n) is 13.9. The second kappa shape index (κ2) is 10.9. The van der Waals surface area contributed by atoms with E-state index in [-0.39, 0.29) is 60.8 Å². The zero-order valence-electron chi connectivity index (χ0n) is 23.4. The van der Waals surface area contributed by atoms with E-state index in [0.29, 0.717) is 25.0 Å². The summed E-state index contributed by atoms with van der Waals surface area (Å²) in [6.07, 6.45) is -10.5. The van der Waals surface area contributed by atoms with Gasteiger partial charge in [0.15, 0.2) is 9.84 Å². The van der Waals surface area contributed by atoms with Crippen LogP contribution in [0.4, 0.5) is 35.1 Å². The van der Waals surface area contributed by atoms with Crippen LogP contribution in [0.1, 0.15) is 48.8 Å². The lowest BCUT2D eigenvalue weighted by atomic mass is 9.73. The van der Waals surface area contributed by atoms with Crippen LogP contribution in [0.25, 0.3) is 0 Å². The summed E-state index contributed by atoms with van der Waals surface area (Å²) < 4.78 is 162. The monoisotopic (exact) mass is 674 g/mol. The van der Waals surface area contributed by atoms with Gasteiger partial charge >= 0.3 is 18.0 Å². The van der Waals surface area contributed by atoms with E-state index in [0.717, 1.165) is 36.6 Å². The number of halogens is 8. The SMILES string of the molecule is CS(=O)(=O)N1CCC(N[C@@H]2CC[C@@]3(S(=O)(=O)c4ccc(F)cc4)c4ccc(C(F)(C(F)(F)F)C(F)(F)F)cc4CC[C@@H]23)CC1. The number of sulfonamides is 1. The molecule has 0 amide bonds. The van der Waals surface area contributed by atoms with Crippen LogP contribution in [0.5, 0.6) is 0 Å². The van der Waals surface area contributed by atoms with Gasteiger partial charge in [0.05, 0.1) is 11.2 Å². The highest BCUT2D eigenvalue weighted by Crippen LogP contribution is 2.59. The molecule has 0 unspecified atom stereocenters. The number of hydrogen-bond donors (Lipinski definition) is 1. The lowest BCUT2D eigenvalue weighted by Gasteiger charge is -2.44. The number of alkyl halides is 7. The van der Waals surface area contributed by atoms with Crippen molar-refractivity contribution >= 4 is 19.9 Å². The van der Waals surface area contributed by atoms with Crippen LogP contribution in [0.15, 0.2) is 47.4 Å². The molecule has 16 heteroatoms. The maximum Gasteiger partial charge on any atom is 0.435 e. The quantitative estimate of drug-likeness (QED) is 0.323. The molecule has 3 aliphatic rings. The van der Waals surface area contributed by atoms with Gasteiger partial charge in [-0.1, -0.05) is 18.2 Å². The summed E-state index contributed by atoms with van der Waals surface area (Å²) in [5.41, 5.74) is -7.50. The number of rotatable bonds is 6. The highest BCUT2D eigenvalue weighted by atomic mass is 32.2. The number of hydrogen-bond acceptors (Lipinski definition) is 5. The van der Waals surface area contributed by atoms with Crippen molar-refractivity contribution in [2.75, 3.05) is 19.3 Å². The van der Waals surface area contributed by atoms with E-state index in [1.165, 1.54) is 4.31 Å². The smallest absolute Gasteiger partial charge is 0.311 e. The Hall–Kier alpha value is -2.30. The van der Waals surface area contributed by atoms with E-state index in [2.05, 4.69) is 5.32 Å². The standard InChI is InChI=1S/C28H30F8N2O4S2/c1-43(39,40)38-14-11-20(12-15-38)37-24-10-13-25(44(41,42)21-6-4-19(29)5-7-21)22-9-3-18(16-17(22)2-8-23(24)25)26(30,27(31,32)33)28(34,35)36/h3-7,9,16,20,23-24,37H,2,8,10-15H2,1H3/t23-,24+,25+/m0/s1. The molecular formula is C28H30F8N2O4S2. The molecule has 2 aliphatic carbocycles. The molecular weight excluding hydrogens is 644 g/mol. The molecule has 6 nitrogen and oxygen atoms in total. The number of nitrogens with one attached hydrogen (secondary N) is 1. The normalized spacial score (nSPS) is 25.9. The fourth-order valence-corrected chi connectivity index (χ4v) is 10.6. The Labute approximate surface area is 249 Å². The van der Waals surface area contributed by atoms with Crippen LogP contribution in [0.2, 0.25) is 0 Å². The number of fused-ring (bicyclic) bond motifs is 3. The maximum absolute atomic E-state index is 15.0. The second-order valence-electron chi connectivity index (χ2n) is 11.8. The first kappa shape index (κ1) is 33.1. The second-order valence-corrected chi connectivity index (χ2v) is 16.0. The minimum absolute atomic E-state index is 0.00952. The van der Waals surface area contributed by atoms with Gasteiger partial charge in [0.2, 0.25) is 10.0 Å². The molecule has 2 aromatic rings. The lowest BCUT2D eigenvalue weighted by molar-refractivity contribution is -0.348. The van der Waals surface area contributed by atoms with Gasteiger partial charge in [0.25, 0.3) is 0 Å². The van der Waals surface area contributed by atoms with Gasteiger partial charge in [0, 0.05) is 30.7 Å². The predicted molar refractivity (Wildman–Crippen MR) is 144 cm³/mol. The summed E-state index contributed by atoms with van der Waals surface area (Å²) in [6, 6.07) is 5.06. The number of aryl methyl sites for hydroxylation is 1.